The molecule has 1 saturated heterocycles. The second-order valence-corrected chi connectivity index (χ2v) is 5.81. The summed E-state index contributed by atoms with van der Waals surface area (Å²) in [6, 6.07) is 5.53. The first kappa shape index (κ1) is 15.4. The summed E-state index contributed by atoms with van der Waals surface area (Å²) in [4.78, 5) is 27.1. The van der Waals surface area contributed by atoms with Gasteiger partial charge in [-0.2, -0.15) is 0 Å². The van der Waals surface area contributed by atoms with Crippen LogP contribution in [0.5, 0.6) is 5.75 Å². The Hall–Kier alpha value is -2.50. The van der Waals surface area contributed by atoms with Crippen LogP contribution in [0.25, 0.3) is 0 Å². The van der Waals surface area contributed by atoms with Gasteiger partial charge in [-0.3, -0.25) is 9.78 Å². The van der Waals surface area contributed by atoms with Crippen molar-refractivity contribution in [3.8, 4) is 5.75 Å². The Labute approximate surface area is 135 Å². The molecule has 0 N–H and O–H groups in total. The van der Waals surface area contributed by atoms with E-state index in [-0.39, 0.29) is 18.4 Å². The van der Waals surface area contributed by atoms with E-state index >= 15 is 0 Å². The molecule has 0 radical (unpaired) electrons. The van der Waals surface area contributed by atoms with Gasteiger partial charge in [0.25, 0.3) is 5.91 Å². The summed E-state index contributed by atoms with van der Waals surface area (Å²) in [7, 11) is 0. The van der Waals surface area contributed by atoms with Crippen LogP contribution in [0.1, 0.15) is 29.6 Å². The number of carbonyl (C=O) groups excluding carboxylic acids is 1. The molecule has 0 unspecified atom stereocenters. The average Bonchev–Trinajstić information content (AvgIpc) is 3.03. The molecule has 2 aromatic rings. The number of rotatable bonds is 4. The highest BCUT2D eigenvalue weighted by atomic mass is 16.5. The Bertz CT molecular complexity index is 670. The van der Waals surface area contributed by atoms with Gasteiger partial charge < -0.3 is 9.64 Å². The number of hydrogen-bond acceptors (Lipinski definition) is 5. The summed E-state index contributed by atoms with van der Waals surface area (Å²) < 4.78 is 5.47. The monoisotopic (exact) mass is 312 g/mol. The molecule has 1 aliphatic rings. The average molecular weight is 312 g/mol. The molecule has 3 heterocycles. The minimum absolute atomic E-state index is 0.0132. The molecule has 3 rings (SSSR count). The molecule has 0 spiro atoms. The molecule has 120 valence electrons. The van der Waals surface area contributed by atoms with E-state index in [9.17, 15) is 4.79 Å². The number of nitrogens with zero attached hydrogens (tertiary/aromatic N) is 4. The van der Waals surface area contributed by atoms with Crippen molar-refractivity contribution in [1.29, 1.82) is 0 Å². The maximum absolute atomic E-state index is 12.3. The second-order valence-electron chi connectivity index (χ2n) is 5.81. The Balaban J connectivity index is 1.57. The molecular formula is C17H20N4O2. The van der Waals surface area contributed by atoms with Gasteiger partial charge in [0.2, 0.25) is 0 Å². The van der Waals surface area contributed by atoms with E-state index in [2.05, 4.69) is 15.0 Å². The topological polar surface area (TPSA) is 68.2 Å². The molecule has 0 saturated carbocycles. The maximum Gasteiger partial charge on any atom is 0.260 e. The summed E-state index contributed by atoms with van der Waals surface area (Å²) in [6.07, 6.45) is 4.16. The summed E-state index contributed by atoms with van der Waals surface area (Å²) in [6.45, 7) is 5.34. The highest BCUT2D eigenvalue weighted by molar-refractivity contribution is 5.78. The fourth-order valence-corrected chi connectivity index (χ4v) is 2.80. The van der Waals surface area contributed by atoms with Gasteiger partial charge in [-0.05, 0) is 38.5 Å². The van der Waals surface area contributed by atoms with Gasteiger partial charge in [0.05, 0.1) is 6.20 Å². The lowest BCUT2D eigenvalue weighted by molar-refractivity contribution is -0.132. The third-order valence-corrected chi connectivity index (χ3v) is 3.90. The van der Waals surface area contributed by atoms with E-state index in [1.54, 1.807) is 24.5 Å². The van der Waals surface area contributed by atoms with Crippen molar-refractivity contribution >= 4 is 5.91 Å². The zero-order valence-corrected chi connectivity index (χ0v) is 13.4. The quantitative estimate of drug-likeness (QED) is 0.862. The van der Waals surface area contributed by atoms with E-state index in [4.69, 9.17) is 4.74 Å². The van der Waals surface area contributed by atoms with Crippen LogP contribution in [0.2, 0.25) is 0 Å². The fraction of sp³-hybridized carbons (Fsp3) is 0.412. The third-order valence-electron chi connectivity index (χ3n) is 3.90. The van der Waals surface area contributed by atoms with Crippen LogP contribution in [0.3, 0.4) is 0 Å². The SMILES string of the molecule is Cc1cc(C)nc([C@H]2CCN(C(=O)COc3cccnc3)C2)n1. The van der Waals surface area contributed by atoms with E-state index < -0.39 is 0 Å². The largest absolute Gasteiger partial charge is 0.482 e. The Morgan fingerprint density at radius 2 is 2.13 bits per heavy atom. The summed E-state index contributed by atoms with van der Waals surface area (Å²) in [5.74, 6) is 1.64. The highest BCUT2D eigenvalue weighted by Gasteiger charge is 2.29. The van der Waals surface area contributed by atoms with Crippen LogP contribution >= 0.6 is 0 Å². The van der Waals surface area contributed by atoms with Gasteiger partial charge in [0, 0.05) is 36.6 Å². The fourth-order valence-electron chi connectivity index (χ4n) is 2.80. The van der Waals surface area contributed by atoms with Crippen molar-refractivity contribution in [2.75, 3.05) is 19.7 Å². The predicted molar refractivity (Wildman–Crippen MR) is 85.2 cm³/mol. The standard InChI is InChI=1S/C17H20N4O2/c1-12-8-13(2)20-17(19-12)14-5-7-21(10-14)16(22)11-23-15-4-3-6-18-9-15/h3-4,6,8-9,14H,5,7,10-11H2,1-2H3/t14-/m0/s1. The number of amides is 1. The molecule has 6 heteroatoms. The molecule has 1 aliphatic heterocycles. The normalized spacial score (nSPS) is 17.3. The first-order valence-electron chi connectivity index (χ1n) is 7.74. The van der Waals surface area contributed by atoms with Crippen LogP contribution in [0.15, 0.2) is 30.6 Å². The van der Waals surface area contributed by atoms with E-state index in [1.165, 1.54) is 0 Å². The number of aryl methyl sites for hydroxylation is 2. The lowest BCUT2D eigenvalue weighted by Gasteiger charge is -2.16. The lowest BCUT2D eigenvalue weighted by Crippen LogP contribution is -2.33. The number of aromatic nitrogens is 3. The van der Waals surface area contributed by atoms with Crippen LogP contribution in [-0.2, 0) is 4.79 Å². The molecule has 0 aliphatic carbocycles. The molecule has 6 nitrogen and oxygen atoms in total. The lowest BCUT2D eigenvalue weighted by atomic mass is 10.1. The van der Waals surface area contributed by atoms with Crippen LogP contribution in [-0.4, -0.2) is 45.5 Å². The first-order chi connectivity index (χ1) is 11.1. The van der Waals surface area contributed by atoms with Crippen LogP contribution < -0.4 is 4.74 Å². The minimum Gasteiger partial charge on any atom is -0.482 e. The molecule has 1 atom stereocenters. The molecule has 0 aromatic carbocycles. The number of hydrogen-bond donors (Lipinski definition) is 0. The summed E-state index contributed by atoms with van der Waals surface area (Å²) >= 11 is 0. The predicted octanol–water partition coefficient (Wildman–Crippen LogP) is 1.88. The maximum atomic E-state index is 12.3. The van der Waals surface area contributed by atoms with Gasteiger partial charge in [-0.1, -0.05) is 0 Å². The van der Waals surface area contributed by atoms with Crippen molar-refractivity contribution in [3.05, 3.63) is 47.8 Å². The summed E-state index contributed by atoms with van der Waals surface area (Å²) in [5.41, 5.74) is 1.94. The van der Waals surface area contributed by atoms with Gasteiger partial charge in [0.15, 0.2) is 6.61 Å². The molecule has 23 heavy (non-hydrogen) atoms. The molecule has 1 amide bonds. The number of carbonyl (C=O) groups is 1. The minimum atomic E-state index is -0.0132. The van der Waals surface area contributed by atoms with Gasteiger partial charge in [0.1, 0.15) is 11.6 Å². The highest BCUT2D eigenvalue weighted by Crippen LogP contribution is 2.25. The zero-order valence-electron chi connectivity index (χ0n) is 13.4. The van der Waals surface area contributed by atoms with Crippen LogP contribution in [0, 0.1) is 13.8 Å². The van der Waals surface area contributed by atoms with Crippen molar-refractivity contribution < 1.29 is 9.53 Å². The first-order valence-corrected chi connectivity index (χ1v) is 7.74. The smallest absolute Gasteiger partial charge is 0.260 e. The van der Waals surface area contributed by atoms with Crippen molar-refractivity contribution in [2.24, 2.45) is 0 Å². The molecule has 0 bridgehead atoms. The van der Waals surface area contributed by atoms with E-state index in [0.29, 0.717) is 12.3 Å². The Morgan fingerprint density at radius 1 is 1.35 bits per heavy atom. The van der Waals surface area contributed by atoms with Gasteiger partial charge in [-0.15, -0.1) is 0 Å². The summed E-state index contributed by atoms with van der Waals surface area (Å²) in [5, 5.41) is 0. The number of pyridine rings is 1. The van der Waals surface area contributed by atoms with Gasteiger partial charge >= 0.3 is 0 Å². The molecular weight excluding hydrogens is 292 g/mol. The molecule has 1 fully saturated rings. The van der Waals surface area contributed by atoms with E-state index in [1.807, 2.05) is 24.8 Å². The Kier molecular flexibility index (Phi) is 4.50. The third kappa shape index (κ3) is 3.83. The van der Waals surface area contributed by atoms with Crippen molar-refractivity contribution in [3.63, 3.8) is 0 Å². The van der Waals surface area contributed by atoms with Crippen molar-refractivity contribution in [1.82, 2.24) is 19.9 Å². The number of likely N-dealkylation sites (tertiary alicyclic amines) is 1. The molecule has 2 aromatic heterocycles. The Morgan fingerprint density at radius 3 is 2.83 bits per heavy atom. The van der Waals surface area contributed by atoms with Crippen LogP contribution in [0.4, 0.5) is 0 Å². The van der Waals surface area contributed by atoms with E-state index in [0.717, 1.165) is 30.2 Å². The number of ether oxygens (including phenoxy) is 1. The van der Waals surface area contributed by atoms with Crippen molar-refractivity contribution in [2.45, 2.75) is 26.2 Å². The zero-order chi connectivity index (χ0) is 16.2. The van der Waals surface area contributed by atoms with Gasteiger partial charge in [-0.25, -0.2) is 9.97 Å². The second kappa shape index (κ2) is 6.73.